The Morgan fingerprint density at radius 3 is 2.03 bits per heavy atom. The zero-order chi connectivity index (χ0) is 23.7. The van der Waals surface area contributed by atoms with Gasteiger partial charge in [-0.15, -0.1) is 0 Å². The number of nitrogens with zero attached hydrogens (tertiary/aromatic N) is 1. The molecule has 3 heteroatoms. The molecular weight excluding hydrogens is 392 g/mol. The highest BCUT2D eigenvalue weighted by Gasteiger charge is 2.29. The number of amides is 1. The lowest BCUT2D eigenvalue weighted by Gasteiger charge is -2.31. The number of hydrogen-bond donors (Lipinski definition) is 1. The molecule has 3 rings (SSSR count). The molecule has 2 atom stereocenters. The summed E-state index contributed by atoms with van der Waals surface area (Å²) in [6.07, 6.45) is 0.876. The first-order valence-corrected chi connectivity index (χ1v) is 11.7. The number of benzene rings is 2. The molecule has 0 aliphatic carbocycles. The van der Waals surface area contributed by atoms with Crippen molar-refractivity contribution in [2.24, 2.45) is 0 Å². The van der Waals surface area contributed by atoms with Crippen molar-refractivity contribution in [1.82, 2.24) is 10.3 Å². The van der Waals surface area contributed by atoms with Gasteiger partial charge in [0.05, 0.1) is 11.6 Å². The van der Waals surface area contributed by atoms with Gasteiger partial charge in [-0.25, -0.2) is 0 Å². The van der Waals surface area contributed by atoms with Crippen LogP contribution in [0, 0.1) is 0 Å². The molecular formula is C29H38N2O. The normalized spacial score (nSPS) is 14.2. The van der Waals surface area contributed by atoms with Crippen LogP contribution in [-0.4, -0.2) is 10.9 Å². The molecule has 0 spiro atoms. The standard InChI is InChI=1S/C29H38N2O/c1-9-24(26-15-14-20-12-10-11-13-25(20)31-26)27(30-19(2)32)21-16-22(28(3,4)5)18-23(17-21)29(6,7)8/h10-18,24,27H,9H2,1-8H3,(H,30,32). The molecule has 3 aromatic rings. The fraction of sp³-hybridized carbons (Fsp3) is 0.448. The van der Waals surface area contributed by atoms with E-state index in [1.165, 1.54) is 11.1 Å². The van der Waals surface area contributed by atoms with Crippen molar-refractivity contribution in [1.29, 1.82) is 0 Å². The second kappa shape index (κ2) is 9.05. The number of nitrogens with one attached hydrogen (secondary N) is 1. The maximum absolute atomic E-state index is 12.3. The van der Waals surface area contributed by atoms with Crippen LogP contribution in [0.3, 0.4) is 0 Å². The molecule has 170 valence electrons. The summed E-state index contributed by atoms with van der Waals surface area (Å²) in [5.41, 5.74) is 5.76. The largest absolute Gasteiger partial charge is 0.349 e. The Balaban J connectivity index is 2.18. The SMILES string of the molecule is CCC(c1ccc2ccccc2n1)C(NC(C)=O)c1cc(C(C)(C)C)cc(C(C)(C)C)c1. The summed E-state index contributed by atoms with van der Waals surface area (Å²) >= 11 is 0. The average molecular weight is 431 g/mol. The molecule has 2 aromatic carbocycles. The number of pyridine rings is 1. The molecule has 1 aromatic heterocycles. The maximum atomic E-state index is 12.3. The zero-order valence-corrected chi connectivity index (χ0v) is 20.9. The molecule has 32 heavy (non-hydrogen) atoms. The number of para-hydroxylation sites is 1. The van der Waals surface area contributed by atoms with Crippen LogP contribution in [0.4, 0.5) is 0 Å². The monoisotopic (exact) mass is 430 g/mol. The average Bonchev–Trinajstić information content (AvgIpc) is 2.71. The molecule has 1 heterocycles. The fourth-order valence-electron chi connectivity index (χ4n) is 4.24. The van der Waals surface area contributed by atoms with Gasteiger partial charge in [0.2, 0.25) is 5.91 Å². The molecule has 1 amide bonds. The second-order valence-corrected chi connectivity index (χ2v) is 11.0. The second-order valence-electron chi connectivity index (χ2n) is 11.0. The highest BCUT2D eigenvalue weighted by molar-refractivity contribution is 5.78. The molecule has 0 saturated heterocycles. The highest BCUT2D eigenvalue weighted by atomic mass is 16.1. The predicted octanol–water partition coefficient (Wildman–Crippen LogP) is 7.20. The summed E-state index contributed by atoms with van der Waals surface area (Å²) in [4.78, 5) is 17.3. The van der Waals surface area contributed by atoms with Crippen molar-refractivity contribution in [2.75, 3.05) is 0 Å². The quantitative estimate of drug-likeness (QED) is 0.465. The van der Waals surface area contributed by atoms with Crippen LogP contribution in [0.5, 0.6) is 0 Å². The molecule has 3 nitrogen and oxygen atoms in total. The molecule has 0 fully saturated rings. The number of carbonyl (C=O) groups excluding carboxylic acids is 1. The maximum Gasteiger partial charge on any atom is 0.217 e. The van der Waals surface area contributed by atoms with Crippen LogP contribution in [-0.2, 0) is 15.6 Å². The molecule has 0 aliphatic rings. The van der Waals surface area contributed by atoms with Crippen LogP contribution in [0.2, 0.25) is 0 Å². The smallest absolute Gasteiger partial charge is 0.217 e. The lowest BCUT2D eigenvalue weighted by molar-refractivity contribution is -0.119. The Hall–Kier alpha value is -2.68. The van der Waals surface area contributed by atoms with Gasteiger partial charge in [-0.3, -0.25) is 9.78 Å². The fourth-order valence-corrected chi connectivity index (χ4v) is 4.24. The Kier molecular flexibility index (Phi) is 6.78. The number of aromatic nitrogens is 1. The third-order valence-corrected chi connectivity index (χ3v) is 6.25. The summed E-state index contributed by atoms with van der Waals surface area (Å²) in [5.74, 6) is 0.0549. The van der Waals surface area contributed by atoms with Gasteiger partial charge in [-0.2, -0.15) is 0 Å². The first kappa shape index (κ1) is 24.0. The van der Waals surface area contributed by atoms with Crippen LogP contribution in [0.25, 0.3) is 10.9 Å². The van der Waals surface area contributed by atoms with Crippen LogP contribution in [0.1, 0.15) is 96.2 Å². The van der Waals surface area contributed by atoms with E-state index in [0.29, 0.717) is 0 Å². The van der Waals surface area contributed by atoms with Crippen LogP contribution < -0.4 is 5.32 Å². The Bertz CT molecular complexity index is 1070. The first-order chi connectivity index (χ1) is 14.9. The Morgan fingerprint density at radius 1 is 0.906 bits per heavy atom. The van der Waals surface area contributed by atoms with Gasteiger partial charge in [0, 0.05) is 23.9 Å². The lowest BCUT2D eigenvalue weighted by atomic mass is 9.77. The summed E-state index contributed by atoms with van der Waals surface area (Å²) in [6.45, 7) is 17.2. The van der Waals surface area contributed by atoms with Gasteiger partial charge in [0.25, 0.3) is 0 Å². The van der Waals surface area contributed by atoms with E-state index < -0.39 is 0 Å². The summed E-state index contributed by atoms with van der Waals surface area (Å²) in [7, 11) is 0. The van der Waals surface area contributed by atoms with Crippen molar-refractivity contribution in [3.05, 3.63) is 77.0 Å². The Labute approximate surface area is 193 Å². The molecule has 0 radical (unpaired) electrons. The van der Waals surface area contributed by atoms with Crippen LogP contribution in [0.15, 0.2) is 54.6 Å². The minimum atomic E-state index is -0.144. The van der Waals surface area contributed by atoms with E-state index in [4.69, 9.17) is 4.98 Å². The summed E-state index contributed by atoms with van der Waals surface area (Å²) in [5, 5.41) is 4.40. The van der Waals surface area contributed by atoms with Crippen molar-refractivity contribution < 1.29 is 4.79 Å². The van der Waals surface area contributed by atoms with Crippen molar-refractivity contribution in [3.8, 4) is 0 Å². The van der Waals surface area contributed by atoms with E-state index in [-0.39, 0.29) is 28.7 Å². The number of rotatable bonds is 5. The van der Waals surface area contributed by atoms with E-state index in [1.807, 2.05) is 12.1 Å². The third kappa shape index (κ3) is 5.38. The first-order valence-electron chi connectivity index (χ1n) is 11.7. The van der Waals surface area contributed by atoms with Crippen molar-refractivity contribution >= 4 is 16.8 Å². The van der Waals surface area contributed by atoms with Gasteiger partial charge >= 0.3 is 0 Å². The van der Waals surface area contributed by atoms with E-state index >= 15 is 0 Å². The summed E-state index contributed by atoms with van der Waals surface area (Å²) < 4.78 is 0. The molecule has 1 N–H and O–H groups in total. The van der Waals surface area contributed by atoms with Gasteiger partial charge in [-0.05, 0) is 46.1 Å². The highest BCUT2D eigenvalue weighted by Crippen LogP contribution is 2.38. The van der Waals surface area contributed by atoms with E-state index in [2.05, 4.69) is 96.2 Å². The lowest BCUT2D eigenvalue weighted by Crippen LogP contribution is -2.32. The van der Waals surface area contributed by atoms with Gasteiger partial charge in [0.1, 0.15) is 0 Å². The Morgan fingerprint density at radius 2 is 1.50 bits per heavy atom. The van der Waals surface area contributed by atoms with E-state index in [1.54, 1.807) is 6.92 Å². The van der Waals surface area contributed by atoms with E-state index in [0.717, 1.165) is 28.6 Å². The summed E-state index contributed by atoms with van der Waals surface area (Å²) in [6, 6.07) is 19.2. The molecule has 2 unspecified atom stereocenters. The van der Waals surface area contributed by atoms with Gasteiger partial charge in [0.15, 0.2) is 0 Å². The molecule has 0 bridgehead atoms. The zero-order valence-electron chi connectivity index (χ0n) is 20.9. The van der Waals surface area contributed by atoms with Gasteiger partial charge < -0.3 is 5.32 Å². The topological polar surface area (TPSA) is 42.0 Å². The number of carbonyl (C=O) groups is 1. The van der Waals surface area contributed by atoms with Crippen molar-refractivity contribution in [2.45, 2.75) is 84.6 Å². The number of fused-ring (bicyclic) bond motifs is 1. The third-order valence-electron chi connectivity index (χ3n) is 6.25. The molecule has 0 saturated carbocycles. The van der Waals surface area contributed by atoms with Gasteiger partial charge in [-0.1, -0.05) is 90.9 Å². The molecule has 0 aliphatic heterocycles. The number of hydrogen-bond acceptors (Lipinski definition) is 2. The predicted molar refractivity (Wildman–Crippen MR) is 135 cm³/mol. The van der Waals surface area contributed by atoms with Crippen molar-refractivity contribution in [3.63, 3.8) is 0 Å². The minimum absolute atomic E-state index is 0.0136. The van der Waals surface area contributed by atoms with E-state index in [9.17, 15) is 4.79 Å². The van der Waals surface area contributed by atoms with Crippen LogP contribution >= 0.6 is 0 Å². The minimum Gasteiger partial charge on any atom is -0.349 e.